The van der Waals surface area contributed by atoms with E-state index < -0.39 is 10.0 Å². The molecule has 0 aliphatic carbocycles. The number of benzene rings is 1. The summed E-state index contributed by atoms with van der Waals surface area (Å²) in [7, 11) is -1.98. The lowest BCUT2D eigenvalue weighted by Gasteiger charge is -2.26. The molecule has 0 unspecified atom stereocenters. The molecule has 2 amide bonds. The van der Waals surface area contributed by atoms with E-state index in [2.05, 4.69) is 5.32 Å². The number of nitrogens with zero attached hydrogens (tertiary/aromatic N) is 2. The van der Waals surface area contributed by atoms with Crippen LogP contribution in [-0.4, -0.2) is 61.7 Å². The number of amides is 2. The number of likely N-dealkylation sites (N-methyl/N-ethyl adjacent to an activating group) is 1. The Kier molecular flexibility index (Phi) is 6.64. The molecule has 0 spiro atoms. The molecule has 1 saturated heterocycles. The lowest BCUT2D eigenvalue weighted by molar-refractivity contribution is -0.122. The fraction of sp³-hybridized carbons (Fsp3) is 0.579. The largest absolute Gasteiger partial charge is 0.350 e. The number of rotatable bonds is 5. The molecule has 150 valence electrons. The minimum Gasteiger partial charge on any atom is -0.350 e. The maximum absolute atomic E-state index is 12.7. The summed E-state index contributed by atoms with van der Waals surface area (Å²) in [6.07, 6.45) is 2.79. The quantitative estimate of drug-likeness (QED) is 0.824. The molecule has 1 aliphatic rings. The molecule has 0 aromatic heterocycles. The topological polar surface area (TPSA) is 86.8 Å². The minimum absolute atomic E-state index is 0.0655. The van der Waals surface area contributed by atoms with Gasteiger partial charge >= 0.3 is 0 Å². The lowest BCUT2D eigenvalue weighted by Crippen LogP contribution is -2.46. The van der Waals surface area contributed by atoms with Crippen molar-refractivity contribution in [2.75, 3.05) is 26.7 Å². The molecule has 2 rings (SSSR count). The van der Waals surface area contributed by atoms with Crippen molar-refractivity contribution in [2.24, 2.45) is 0 Å². The molecule has 0 saturated carbocycles. The highest BCUT2D eigenvalue weighted by Crippen LogP contribution is 2.21. The maximum atomic E-state index is 12.7. The summed E-state index contributed by atoms with van der Waals surface area (Å²) in [6, 6.07) is 5.91. The van der Waals surface area contributed by atoms with Crippen LogP contribution in [0.5, 0.6) is 0 Å². The molecule has 1 aliphatic heterocycles. The molecule has 1 N–H and O–H groups in total. The summed E-state index contributed by atoms with van der Waals surface area (Å²) in [6.45, 7) is 6.61. The second kappa shape index (κ2) is 8.39. The Labute approximate surface area is 161 Å². The fourth-order valence-electron chi connectivity index (χ4n) is 2.99. The third kappa shape index (κ3) is 5.77. The molecule has 8 heteroatoms. The predicted octanol–water partition coefficient (Wildman–Crippen LogP) is 1.85. The van der Waals surface area contributed by atoms with E-state index in [0.717, 1.165) is 19.3 Å². The van der Waals surface area contributed by atoms with E-state index in [0.29, 0.717) is 18.7 Å². The van der Waals surface area contributed by atoms with Crippen molar-refractivity contribution in [1.82, 2.24) is 14.5 Å². The van der Waals surface area contributed by atoms with Crippen molar-refractivity contribution in [3.8, 4) is 0 Å². The molecule has 27 heavy (non-hydrogen) atoms. The highest BCUT2D eigenvalue weighted by atomic mass is 32.2. The predicted molar refractivity (Wildman–Crippen MR) is 104 cm³/mol. The van der Waals surface area contributed by atoms with Crippen LogP contribution >= 0.6 is 0 Å². The number of piperidine rings is 1. The van der Waals surface area contributed by atoms with Crippen LogP contribution in [0.1, 0.15) is 50.4 Å². The summed E-state index contributed by atoms with van der Waals surface area (Å²) < 4.78 is 26.8. The monoisotopic (exact) mass is 395 g/mol. The van der Waals surface area contributed by atoms with Crippen LogP contribution in [0.25, 0.3) is 0 Å². The van der Waals surface area contributed by atoms with Gasteiger partial charge < -0.3 is 10.2 Å². The van der Waals surface area contributed by atoms with Crippen LogP contribution in [0.3, 0.4) is 0 Å². The molecule has 0 atom stereocenters. The molecule has 1 aromatic carbocycles. The van der Waals surface area contributed by atoms with Gasteiger partial charge in [0.2, 0.25) is 15.9 Å². The van der Waals surface area contributed by atoms with Crippen molar-refractivity contribution in [2.45, 2.75) is 50.5 Å². The highest BCUT2D eigenvalue weighted by molar-refractivity contribution is 7.89. The summed E-state index contributed by atoms with van der Waals surface area (Å²) in [5.41, 5.74) is -0.0236. The first kappa shape index (κ1) is 21.4. The third-order valence-corrected chi connectivity index (χ3v) is 6.21. The maximum Gasteiger partial charge on any atom is 0.254 e. The van der Waals surface area contributed by atoms with E-state index in [1.54, 1.807) is 7.05 Å². The normalized spacial score (nSPS) is 16.0. The van der Waals surface area contributed by atoms with Crippen LogP contribution in [0.4, 0.5) is 0 Å². The first-order chi connectivity index (χ1) is 12.5. The van der Waals surface area contributed by atoms with Gasteiger partial charge in [0.15, 0.2) is 0 Å². The van der Waals surface area contributed by atoms with Gasteiger partial charge in [0.05, 0.1) is 11.4 Å². The van der Waals surface area contributed by atoms with E-state index in [1.807, 2.05) is 20.8 Å². The number of sulfonamides is 1. The lowest BCUT2D eigenvalue weighted by atomic mass is 10.1. The van der Waals surface area contributed by atoms with Gasteiger partial charge in [0.25, 0.3) is 5.91 Å². The van der Waals surface area contributed by atoms with E-state index in [9.17, 15) is 18.0 Å². The van der Waals surface area contributed by atoms with Crippen LogP contribution in [0.2, 0.25) is 0 Å². The Morgan fingerprint density at radius 3 is 2.15 bits per heavy atom. The zero-order chi connectivity index (χ0) is 20.2. The van der Waals surface area contributed by atoms with E-state index in [4.69, 9.17) is 0 Å². The molecule has 7 nitrogen and oxygen atoms in total. The van der Waals surface area contributed by atoms with E-state index >= 15 is 0 Å². The van der Waals surface area contributed by atoms with E-state index in [-0.39, 0.29) is 28.8 Å². The zero-order valence-corrected chi connectivity index (χ0v) is 17.3. The van der Waals surface area contributed by atoms with Crippen LogP contribution in [0.15, 0.2) is 29.2 Å². The second-order valence-electron chi connectivity index (χ2n) is 7.95. The van der Waals surface area contributed by atoms with Crippen LogP contribution in [0, 0.1) is 0 Å². The van der Waals surface area contributed by atoms with Crippen LogP contribution in [-0.2, 0) is 14.8 Å². The molecule has 1 heterocycles. The Bertz CT molecular complexity index is 776. The Balaban J connectivity index is 2.05. The Morgan fingerprint density at radius 2 is 1.63 bits per heavy atom. The first-order valence-corrected chi connectivity index (χ1v) is 10.6. The van der Waals surface area contributed by atoms with Gasteiger partial charge in [-0.1, -0.05) is 6.42 Å². The van der Waals surface area contributed by atoms with Gasteiger partial charge in [0.1, 0.15) is 0 Å². The van der Waals surface area contributed by atoms with Crippen LogP contribution < -0.4 is 5.32 Å². The summed E-state index contributed by atoms with van der Waals surface area (Å²) >= 11 is 0. The molecule has 0 bridgehead atoms. The zero-order valence-electron chi connectivity index (χ0n) is 16.5. The summed E-state index contributed by atoms with van der Waals surface area (Å²) in [5.74, 6) is -0.580. The standard InChI is InChI=1S/C19H29N3O4S/c1-19(2,3)20-17(23)14-21(4)18(24)15-8-10-16(11-9-15)27(25,26)22-12-6-5-7-13-22/h8-11H,5-7,12-14H2,1-4H3,(H,20,23). The van der Waals surface area contributed by atoms with Crippen molar-refractivity contribution in [3.63, 3.8) is 0 Å². The van der Waals surface area contributed by atoms with Crippen molar-refractivity contribution >= 4 is 21.8 Å². The van der Waals surface area contributed by atoms with E-state index in [1.165, 1.54) is 33.5 Å². The molecule has 1 fully saturated rings. The van der Waals surface area contributed by atoms with Crippen molar-refractivity contribution in [3.05, 3.63) is 29.8 Å². The average Bonchev–Trinajstić information content (AvgIpc) is 2.60. The Hall–Kier alpha value is -1.93. The summed E-state index contributed by atoms with van der Waals surface area (Å²) in [5, 5.41) is 2.80. The van der Waals surface area contributed by atoms with Gasteiger partial charge in [-0.3, -0.25) is 9.59 Å². The number of carbonyl (C=O) groups excluding carboxylic acids is 2. The number of carbonyl (C=O) groups is 2. The fourth-order valence-corrected chi connectivity index (χ4v) is 4.51. The van der Waals surface area contributed by atoms with Gasteiger partial charge in [-0.25, -0.2) is 8.42 Å². The van der Waals surface area contributed by atoms with Crippen molar-refractivity contribution in [1.29, 1.82) is 0 Å². The number of hydrogen-bond acceptors (Lipinski definition) is 4. The molecular formula is C19H29N3O4S. The SMILES string of the molecule is CN(CC(=O)NC(C)(C)C)C(=O)c1ccc(S(=O)(=O)N2CCCCC2)cc1. The summed E-state index contributed by atoms with van der Waals surface area (Å²) in [4.78, 5) is 26.0. The Morgan fingerprint density at radius 1 is 1.07 bits per heavy atom. The highest BCUT2D eigenvalue weighted by Gasteiger charge is 2.26. The second-order valence-corrected chi connectivity index (χ2v) is 9.89. The van der Waals surface area contributed by atoms with Gasteiger partial charge in [-0.15, -0.1) is 0 Å². The minimum atomic E-state index is -3.52. The van der Waals surface area contributed by atoms with Crippen molar-refractivity contribution < 1.29 is 18.0 Å². The number of hydrogen-bond donors (Lipinski definition) is 1. The molecular weight excluding hydrogens is 366 g/mol. The van der Waals surface area contributed by atoms with Gasteiger partial charge in [0, 0.05) is 31.2 Å². The average molecular weight is 396 g/mol. The number of nitrogens with one attached hydrogen (secondary N) is 1. The molecule has 0 radical (unpaired) electrons. The smallest absolute Gasteiger partial charge is 0.254 e. The first-order valence-electron chi connectivity index (χ1n) is 9.17. The third-order valence-electron chi connectivity index (χ3n) is 4.30. The van der Waals surface area contributed by atoms with Gasteiger partial charge in [-0.05, 0) is 57.9 Å². The van der Waals surface area contributed by atoms with Gasteiger partial charge in [-0.2, -0.15) is 4.31 Å². The molecule has 1 aromatic rings.